The van der Waals surface area contributed by atoms with Crippen LogP contribution in [0.25, 0.3) is 0 Å². The Morgan fingerprint density at radius 1 is 1.26 bits per heavy atom. The predicted octanol–water partition coefficient (Wildman–Crippen LogP) is 2.57. The predicted molar refractivity (Wildman–Crippen MR) is 77.8 cm³/mol. The molecule has 1 N–H and O–H groups in total. The maximum Gasteiger partial charge on any atom is 0.221 e. The molecule has 1 fully saturated rings. The Balaban J connectivity index is 1.65. The third kappa shape index (κ3) is 5.03. The van der Waals surface area contributed by atoms with Crippen molar-refractivity contribution in [2.24, 2.45) is 0 Å². The van der Waals surface area contributed by atoms with Crippen LogP contribution in [-0.2, 0) is 11.3 Å². The molecule has 1 aromatic rings. The number of carbonyl (C=O) groups is 1. The summed E-state index contributed by atoms with van der Waals surface area (Å²) in [4.78, 5) is 14.0. The summed E-state index contributed by atoms with van der Waals surface area (Å²) in [5.74, 6) is 0.201. The monoisotopic (exact) mass is 260 g/mol. The van der Waals surface area contributed by atoms with Crippen molar-refractivity contribution in [1.29, 1.82) is 0 Å². The van der Waals surface area contributed by atoms with Crippen LogP contribution in [0.4, 0.5) is 0 Å². The highest BCUT2D eigenvalue weighted by Gasteiger charge is 2.16. The summed E-state index contributed by atoms with van der Waals surface area (Å²) in [5, 5.41) is 3.13. The van der Waals surface area contributed by atoms with Gasteiger partial charge in [-0.3, -0.25) is 4.79 Å². The lowest BCUT2D eigenvalue weighted by Gasteiger charge is -2.17. The van der Waals surface area contributed by atoms with Crippen LogP contribution < -0.4 is 5.32 Å². The summed E-state index contributed by atoms with van der Waals surface area (Å²) in [6.45, 7) is 1.71. The average molecular weight is 260 g/mol. The molecule has 0 bridgehead atoms. The highest BCUT2D eigenvalue weighted by molar-refractivity contribution is 5.76. The molecule has 104 valence electrons. The van der Waals surface area contributed by atoms with Crippen LogP contribution in [0.15, 0.2) is 30.3 Å². The number of benzene rings is 1. The zero-order valence-electron chi connectivity index (χ0n) is 11.8. The third-order valence-electron chi connectivity index (χ3n) is 3.74. The third-order valence-corrected chi connectivity index (χ3v) is 3.74. The van der Waals surface area contributed by atoms with Gasteiger partial charge in [-0.05, 0) is 25.5 Å². The van der Waals surface area contributed by atoms with E-state index in [1.54, 1.807) is 0 Å². The van der Waals surface area contributed by atoms with Crippen molar-refractivity contribution < 1.29 is 4.79 Å². The number of hydrogen-bond donors (Lipinski definition) is 1. The van der Waals surface area contributed by atoms with Crippen LogP contribution in [0.2, 0.25) is 0 Å². The lowest BCUT2D eigenvalue weighted by Crippen LogP contribution is -2.34. The quantitative estimate of drug-likeness (QED) is 0.852. The molecule has 1 aliphatic rings. The fourth-order valence-electron chi connectivity index (χ4n) is 2.64. The summed E-state index contributed by atoms with van der Waals surface area (Å²) < 4.78 is 0. The van der Waals surface area contributed by atoms with E-state index in [-0.39, 0.29) is 5.91 Å². The Bertz CT molecular complexity index is 385. The van der Waals surface area contributed by atoms with Gasteiger partial charge in [-0.2, -0.15) is 0 Å². The van der Waals surface area contributed by atoms with E-state index in [1.165, 1.54) is 18.4 Å². The van der Waals surface area contributed by atoms with Crippen molar-refractivity contribution >= 4 is 5.91 Å². The topological polar surface area (TPSA) is 32.3 Å². The zero-order valence-corrected chi connectivity index (χ0v) is 11.8. The van der Waals surface area contributed by atoms with E-state index >= 15 is 0 Å². The second kappa shape index (κ2) is 7.29. The largest absolute Gasteiger partial charge is 0.353 e. The Labute approximate surface area is 116 Å². The Morgan fingerprint density at radius 2 is 1.95 bits per heavy atom. The van der Waals surface area contributed by atoms with Gasteiger partial charge < -0.3 is 10.2 Å². The van der Waals surface area contributed by atoms with E-state index in [9.17, 15) is 4.79 Å². The fourth-order valence-corrected chi connectivity index (χ4v) is 2.64. The van der Waals surface area contributed by atoms with Gasteiger partial charge in [0.15, 0.2) is 0 Å². The van der Waals surface area contributed by atoms with Gasteiger partial charge in [-0.15, -0.1) is 0 Å². The van der Waals surface area contributed by atoms with Crippen molar-refractivity contribution in [3.8, 4) is 0 Å². The molecule has 0 aromatic heterocycles. The normalized spacial score (nSPS) is 15.9. The van der Waals surface area contributed by atoms with Gasteiger partial charge in [-0.1, -0.05) is 43.2 Å². The lowest BCUT2D eigenvalue weighted by atomic mass is 10.2. The molecule has 1 amide bonds. The summed E-state index contributed by atoms with van der Waals surface area (Å²) in [6, 6.07) is 10.8. The Kier molecular flexibility index (Phi) is 5.40. The molecular weight excluding hydrogens is 236 g/mol. The van der Waals surface area contributed by atoms with Crippen LogP contribution in [0.1, 0.15) is 37.7 Å². The first-order valence-electron chi connectivity index (χ1n) is 7.26. The standard InChI is InChI=1S/C16H24N2O/c1-18(13-14-7-3-2-4-8-14)12-11-16(19)17-15-9-5-6-10-15/h2-4,7-8,15H,5-6,9-13H2,1H3,(H,17,19). The van der Waals surface area contributed by atoms with E-state index in [4.69, 9.17) is 0 Å². The second-order valence-electron chi connectivity index (χ2n) is 5.52. The molecule has 0 spiro atoms. The number of amides is 1. The van der Waals surface area contributed by atoms with Crippen molar-refractivity contribution in [2.45, 2.75) is 44.7 Å². The summed E-state index contributed by atoms with van der Waals surface area (Å²) >= 11 is 0. The molecule has 0 radical (unpaired) electrons. The van der Waals surface area contributed by atoms with E-state index in [0.29, 0.717) is 12.5 Å². The van der Waals surface area contributed by atoms with Crippen LogP contribution >= 0.6 is 0 Å². The van der Waals surface area contributed by atoms with E-state index < -0.39 is 0 Å². The number of nitrogens with zero attached hydrogens (tertiary/aromatic N) is 1. The summed E-state index contributed by atoms with van der Waals surface area (Å²) in [7, 11) is 2.07. The first kappa shape index (κ1) is 14.1. The van der Waals surface area contributed by atoms with Crippen molar-refractivity contribution in [1.82, 2.24) is 10.2 Å². The van der Waals surface area contributed by atoms with Crippen molar-refractivity contribution in [2.75, 3.05) is 13.6 Å². The first-order valence-corrected chi connectivity index (χ1v) is 7.26. The van der Waals surface area contributed by atoms with Crippen LogP contribution in [0, 0.1) is 0 Å². The average Bonchev–Trinajstić information content (AvgIpc) is 2.90. The molecule has 0 heterocycles. The molecule has 0 saturated heterocycles. The zero-order chi connectivity index (χ0) is 13.5. The van der Waals surface area contributed by atoms with Crippen molar-refractivity contribution in [3.05, 3.63) is 35.9 Å². The fraction of sp³-hybridized carbons (Fsp3) is 0.562. The SMILES string of the molecule is CN(CCC(=O)NC1CCCC1)Cc1ccccc1. The smallest absolute Gasteiger partial charge is 0.221 e. The highest BCUT2D eigenvalue weighted by atomic mass is 16.1. The molecule has 0 unspecified atom stereocenters. The molecule has 3 heteroatoms. The molecular formula is C16H24N2O. The number of nitrogens with one attached hydrogen (secondary N) is 1. The Morgan fingerprint density at radius 3 is 2.63 bits per heavy atom. The maximum atomic E-state index is 11.8. The van der Waals surface area contributed by atoms with E-state index in [2.05, 4.69) is 41.5 Å². The molecule has 3 nitrogen and oxygen atoms in total. The van der Waals surface area contributed by atoms with Crippen LogP contribution in [0.3, 0.4) is 0 Å². The molecule has 0 atom stereocenters. The van der Waals surface area contributed by atoms with Gasteiger partial charge in [0, 0.05) is 25.6 Å². The molecule has 19 heavy (non-hydrogen) atoms. The molecule has 2 rings (SSSR count). The number of carbonyl (C=O) groups excluding carboxylic acids is 1. The second-order valence-corrected chi connectivity index (χ2v) is 5.52. The molecule has 0 aliphatic heterocycles. The lowest BCUT2D eigenvalue weighted by molar-refractivity contribution is -0.122. The minimum absolute atomic E-state index is 0.201. The minimum Gasteiger partial charge on any atom is -0.353 e. The minimum atomic E-state index is 0.201. The van der Waals surface area contributed by atoms with Crippen LogP contribution in [0.5, 0.6) is 0 Å². The Hall–Kier alpha value is -1.35. The number of hydrogen-bond acceptors (Lipinski definition) is 2. The molecule has 1 aromatic carbocycles. The van der Waals surface area contributed by atoms with Gasteiger partial charge in [0.2, 0.25) is 5.91 Å². The van der Waals surface area contributed by atoms with Crippen LogP contribution in [-0.4, -0.2) is 30.4 Å². The molecule has 1 saturated carbocycles. The number of rotatable bonds is 6. The van der Waals surface area contributed by atoms with Gasteiger partial charge in [0.25, 0.3) is 0 Å². The summed E-state index contributed by atoms with van der Waals surface area (Å²) in [6.07, 6.45) is 5.44. The molecule has 1 aliphatic carbocycles. The van der Waals surface area contributed by atoms with Crippen molar-refractivity contribution in [3.63, 3.8) is 0 Å². The maximum absolute atomic E-state index is 11.8. The van der Waals surface area contributed by atoms with Gasteiger partial charge in [0.1, 0.15) is 0 Å². The summed E-state index contributed by atoms with van der Waals surface area (Å²) in [5.41, 5.74) is 1.29. The van der Waals surface area contributed by atoms with Gasteiger partial charge >= 0.3 is 0 Å². The van der Waals surface area contributed by atoms with Gasteiger partial charge in [0.05, 0.1) is 0 Å². The first-order chi connectivity index (χ1) is 9.24. The van der Waals surface area contributed by atoms with E-state index in [1.807, 2.05) is 6.07 Å². The van der Waals surface area contributed by atoms with Gasteiger partial charge in [-0.25, -0.2) is 0 Å². The highest BCUT2D eigenvalue weighted by Crippen LogP contribution is 2.17. The van der Waals surface area contributed by atoms with E-state index in [0.717, 1.165) is 25.9 Å².